The first kappa shape index (κ1) is 53.7. The fraction of sp³-hybridized carbons (Fsp3) is 0.848. The third-order valence-corrected chi connectivity index (χ3v) is 11.0. The Bertz CT molecular complexity index is 995. The van der Waals surface area contributed by atoms with Crippen LogP contribution < -0.4 is 10.2 Å². The van der Waals surface area contributed by atoms with Crippen LogP contribution in [0.5, 0.6) is 0 Å². The van der Waals surface area contributed by atoms with E-state index in [1.54, 1.807) is 6.08 Å². The zero-order valence-corrected chi connectivity index (χ0v) is 37.5. The van der Waals surface area contributed by atoms with Crippen LogP contribution in [0.1, 0.15) is 200 Å². The number of nitrogens with one attached hydrogen (secondary N) is 1. The summed E-state index contributed by atoms with van der Waals surface area (Å²) in [4.78, 5) is 25.3. The van der Waals surface area contributed by atoms with Gasteiger partial charge in [-0.2, -0.15) is 0 Å². The fourth-order valence-corrected chi connectivity index (χ4v) is 7.12. The number of allylic oxidation sites excluding steroid dienone is 5. The van der Waals surface area contributed by atoms with Crippen LogP contribution in [0, 0.1) is 0 Å². The number of unbranched alkanes of at least 4 members (excludes halogenated alkanes) is 24. The molecule has 0 fully saturated rings. The highest BCUT2D eigenvalue weighted by molar-refractivity contribution is 7.45. The van der Waals surface area contributed by atoms with Gasteiger partial charge in [-0.3, -0.25) is 9.36 Å². The number of phosphoric ester groups is 1. The third-order valence-electron chi connectivity index (χ3n) is 10.1. The molecular formula is C46H89N2O6P. The summed E-state index contributed by atoms with van der Waals surface area (Å²) in [5, 5.41) is 13.7. The van der Waals surface area contributed by atoms with Gasteiger partial charge in [0.2, 0.25) is 5.91 Å². The Hall–Kier alpha value is -1.28. The average Bonchev–Trinajstić information content (AvgIpc) is 3.13. The molecule has 0 aromatic rings. The molecule has 0 aliphatic rings. The van der Waals surface area contributed by atoms with E-state index in [2.05, 4.69) is 43.5 Å². The quantitative estimate of drug-likeness (QED) is 0.0276. The van der Waals surface area contributed by atoms with Gasteiger partial charge in [0, 0.05) is 6.42 Å². The fourth-order valence-electron chi connectivity index (χ4n) is 6.40. The van der Waals surface area contributed by atoms with E-state index < -0.39 is 26.6 Å². The summed E-state index contributed by atoms with van der Waals surface area (Å²) < 4.78 is 23.1. The van der Waals surface area contributed by atoms with E-state index in [9.17, 15) is 19.4 Å². The molecule has 0 rings (SSSR count). The summed E-state index contributed by atoms with van der Waals surface area (Å²) in [5.41, 5.74) is 0. The molecule has 0 aromatic heterocycles. The lowest BCUT2D eigenvalue weighted by molar-refractivity contribution is -0.870. The van der Waals surface area contributed by atoms with E-state index in [0.29, 0.717) is 17.4 Å². The number of carbonyl (C=O) groups excluding carboxylic acids is 1. The van der Waals surface area contributed by atoms with Gasteiger partial charge in [0.05, 0.1) is 39.9 Å². The summed E-state index contributed by atoms with van der Waals surface area (Å²) in [6, 6.07) is -0.902. The molecule has 55 heavy (non-hydrogen) atoms. The predicted octanol–water partition coefficient (Wildman–Crippen LogP) is 12.1. The number of rotatable bonds is 41. The van der Waals surface area contributed by atoms with Gasteiger partial charge in [-0.05, 0) is 57.8 Å². The van der Waals surface area contributed by atoms with E-state index in [0.717, 1.165) is 38.5 Å². The van der Waals surface area contributed by atoms with Crippen molar-refractivity contribution in [3.05, 3.63) is 36.5 Å². The number of carbonyl (C=O) groups is 1. The van der Waals surface area contributed by atoms with Crippen LogP contribution in [-0.4, -0.2) is 68.5 Å². The lowest BCUT2D eigenvalue weighted by Crippen LogP contribution is -2.45. The second kappa shape index (κ2) is 38.2. The number of hydrogen-bond donors (Lipinski definition) is 2. The van der Waals surface area contributed by atoms with Crippen molar-refractivity contribution in [3.63, 3.8) is 0 Å². The maximum Gasteiger partial charge on any atom is 0.268 e. The lowest BCUT2D eigenvalue weighted by atomic mass is 10.0. The normalized spacial score (nSPS) is 14.7. The highest BCUT2D eigenvalue weighted by Crippen LogP contribution is 2.38. The van der Waals surface area contributed by atoms with Crippen molar-refractivity contribution in [2.75, 3.05) is 40.9 Å². The largest absolute Gasteiger partial charge is 0.756 e. The number of aliphatic hydroxyl groups excluding tert-OH is 1. The van der Waals surface area contributed by atoms with Gasteiger partial charge in [0.15, 0.2) is 0 Å². The molecule has 0 aromatic carbocycles. The van der Waals surface area contributed by atoms with E-state index in [-0.39, 0.29) is 12.5 Å². The predicted molar refractivity (Wildman–Crippen MR) is 233 cm³/mol. The van der Waals surface area contributed by atoms with Crippen LogP contribution in [0.2, 0.25) is 0 Å². The van der Waals surface area contributed by atoms with Crippen LogP contribution in [0.3, 0.4) is 0 Å². The molecule has 8 nitrogen and oxygen atoms in total. The molecule has 0 aliphatic carbocycles. The van der Waals surface area contributed by atoms with Crippen LogP contribution >= 0.6 is 7.82 Å². The molecule has 2 N–H and O–H groups in total. The maximum absolute atomic E-state index is 12.8. The van der Waals surface area contributed by atoms with Crippen LogP contribution in [0.15, 0.2) is 36.5 Å². The van der Waals surface area contributed by atoms with Crippen molar-refractivity contribution >= 4 is 13.7 Å². The highest BCUT2D eigenvalue weighted by Gasteiger charge is 2.23. The third kappa shape index (κ3) is 40.7. The lowest BCUT2D eigenvalue weighted by Gasteiger charge is -2.29. The molecule has 0 aliphatic heterocycles. The first-order valence-electron chi connectivity index (χ1n) is 22.9. The monoisotopic (exact) mass is 797 g/mol. The van der Waals surface area contributed by atoms with E-state index in [1.165, 1.54) is 141 Å². The Morgan fingerprint density at radius 2 is 1.02 bits per heavy atom. The van der Waals surface area contributed by atoms with Crippen molar-refractivity contribution in [2.24, 2.45) is 0 Å². The van der Waals surface area contributed by atoms with Gasteiger partial charge in [-0.1, -0.05) is 172 Å². The van der Waals surface area contributed by atoms with E-state index in [4.69, 9.17) is 9.05 Å². The number of likely N-dealkylation sites (N-methyl/N-ethyl adjacent to an activating group) is 1. The number of aliphatic hydroxyl groups is 1. The molecule has 1 amide bonds. The van der Waals surface area contributed by atoms with Crippen molar-refractivity contribution in [3.8, 4) is 0 Å². The summed E-state index contributed by atoms with van der Waals surface area (Å²) in [5.74, 6) is -0.213. The van der Waals surface area contributed by atoms with Gasteiger partial charge < -0.3 is 28.8 Å². The second-order valence-electron chi connectivity index (χ2n) is 16.7. The topological polar surface area (TPSA) is 108 Å². The minimum Gasteiger partial charge on any atom is -0.756 e. The molecule has 3 atom stereocenters. The Morgan fingerprint density at radius 1 is 0.618 bits per heavy atom. The molecular weight excluding hydrogens is 707 g/mol. The SMILES string of the molecule is CCCCCCC/C=C/CC/C=C/C(O)C(COP(=O)([O-])OCC[N+](C)(C)C)NC(=O)CCCCCCCCC/C=C\CCCCCCCCCCCCC. The van der Waals surface area contributed by atoms with Gasteiger partial charge in [0.1, 0.15) is 13.2 Å². The Morgan fingerprint density at radius 3 is 1.47 bits per heavy atom. The summed E-state index contributed by atoms with van der Waals surface area (Å²) in [7, 11) is 1.24. The zero-order valence-electron chi connectivity index (χ0n) is 36.6. The van der Waals surface area contributed by atoms with E-state index in [1.807, 2.05) is 27.2 Å². The van der Waals surface area contributed by atoms with Gasteiger partial charge >= 0.3 is 0 Å². The van der Waals surface area contributed by atoms with Crippen molar-refractivity contribution in [1.29, 1.82) is 0 Å². The molecule has 9 heteroatoms. The average molecular weight is 797 g/mol. The van der Waals surface area contributed by atoms with Crippen molar-refractivity contribution in [1.82, 2.24) is 5.32 Å². The molecule has 3 unspecified atom stereocenters. The molecule has 0 bridgehead atoms. The number of amides is 1. The Labute approximate surface area is 340 Å². The molecule has 0 spiro atoms. The van der Waals surface area contributed by atoms with Crippen molar-refractivity contribution < 1.29 is 32.9 Å². The number of hydrogen-bond acceptors (Lipinski definition) is 6. The minimum atomic E-state index is -4.59. The Kier molecular flexibility index (Phi) is 37.4. The second-order valence-corrected chi connectivity index (χ2v) is 18.2. The maximum atomic E-state index is 12.8. The van der Waals surface area contributed by atoms with Crippen LogP contribution in [0.25, 0.3) is 0 Å². The number of phosphoric acid groups is 1. The minimum absolute atomic E-state index is 0.00737. The van der Waals surface area contributed by atoms with Crippen molar-refractivity contribution in [2.45, 2.75) is 212 Å². The number of nitrogens with zero attached hydrogens (tertiary/aromatic N) is 1. The zero-order chi connectivity index (χ0) is 40.7. The molecule has 0 radical (unpaired) electrons. The Balaban J connectivity index is 4.31. The molecule has 0 saturated carbocycles. The van der Waals surface area contributed by atoms with Gasteiger partial charge in [0.25, 0.3) is 7.82 Å². The van der Waals surface area contributed by atoms with Gasteiger partial charge in [-0.25, -0.2) is 0 Å². The first-order valence-corrected chi connectivity index (χ1v) is 24.3. The number of quaternary nitrogens is 1. The summed E-state index contributed by atoms with van der Waals surface area (Å²) in [6.45, 7) is 4.59. The van der Waals surface area contributed by atoms with Gasteiger partial charge in [-0.15, -0.1) is 0 Å². The van der Waals surface area contributed by atoms with Crippen LogP contribution in [-0.2, 0) is 18.4 Å². The molecule has 0 heterocycles. The van der Waals surface area contributed by atoms with E-state index >= 15 is 0 Å². The summed E-state index contributed by atoms with van der Waals surface area (Å²) >= 11 is 0. The van der Waals surface area contributed by atoms with Crippen LogP contribution in [0.4, 0.5) is 0 Å². The molecule has 0 saturated heterocycles. The highest BCUT2D eigenvalue weighted by atomic mass is 31.2. The standard InChI is InChI=1S/C46H89N2O6P/c1-6-8-10-12-14-16-18-19-20-21-22-23-24-25-26-27-28-30-32-34-36-38-40-46(50)47-44(43-54-55(51,52)53-42-41-48(3,4)5)45(49)39-37-35-33-31-29-17-15-13-11-9-7-2/h24-25,29,31,37,39,44-45,49H,6-23,26-28,30,32-36,38,40-43H2,1-5H3,(H-,47,50,51,52)/b25-24-,31-29+,39-37+. The summed E-state index contributed by atoms with van der Waals surface area (Å²) in [6.07, 6.45) is 46.3. The first-order chi connectivity index (χ1) is 26.5. The smallest absolute Gasteiger partial charge is 0.268 e. The molecule has 324 valence electrons.